The molecule has 0 aliphatic heterocycles. The van der Waals surface area contributed by atoms with E-state index in [2.05, 4.69) is 0 Å². The van der Waals surface area contributed by atoms with Gasteiger partial charge < -0.3 is 9.67 Å². The lowest BCUT2D eigenvalue weighted by Gasteiger charge is -2.30. The van der Waals surface area contributed by atoms with Crippen LogP contribution in [0.4, 0.5) is 0 Å². The molecular formula is C8H17O2P. The van der Waals surface area contributed by atoms with Crippen molar-refractivity contribution in [1.29, 1.82) is 0 Å². The van der Waals surface area contributed by atoms with Crippen LogP contribution in [0.3, 0.4) is 0 Å². The second kappa shape index (κ2) is 3.28. The highest BCUT2D eigenvalue weighted by molar-refractivity contribution is 7.63. The Hall–Kier alpha value is 0.190. The summed E-state index contributed by atoms with van der Waals surface area (Å²) in [6.07, 6.45) is 3.72. The first-order chi connectivity index (χ1) is 5.02. The van der Waals surface area contributed by atoms with Crippen LogP contribution in [0.5, 0.6) is 0 Å². The molecular weight excluding hydrogens is 159 g/mol. The van der Waals surface area contributed by atoms with Gasteiger partial charge in [0.05, 0.1) is 13.2 Å². The van der Waals surface area contributed by atoms with E-state index in [0.29, 0.717) is 0 Å². The van der Waals surface area contributed by atoms with Gasteiger partial charge in [-0.3, -0.25) is 0 Å². The lowest BCUT2D eigenvalue weighted by Crippen LogP contribution is -2.29. The number of hydrogen-bond acceptors (Lipinski definition) is 2. The van der Waals surface area contributed by atoms with Gasteiger partial charge in [0.2, 0.25) is 0 Å². The third-order valence-corrected chi connectivity index (χ3v) is 4.69. The predicted octanol–water partition coefficient (Wildman–Crippen LogP) is 1.91. The summed E-state index contributed by atoms with van der Waals surface area (Å²) in [5.74, 6) is 0. The normalized spacial score (nSPS) is 33.7. The van der Waals surface area contributed by atoms with E-state index in [1.54, 1.807) is 13.3 Å². The zero-order valence-corrected chi connectivity index (χ0v) is 8.18. The molecule has 1 saturated carbocycles. The molecule has 1 fully saturated rings. The van der Waals surface area contributed by atoms with E-state index in [-0.39, 0.29) is 11.8 Å². The van der Waals surface area contributed by atoms with Crippen LogP contribution in [-0.4, -0.2) is 30.2 Å². The van der Waals surface area contributed by atoms with Crippen molar-refractivity contribution in [1.82, 2.24) is 0 Å². The maximum atomic E-state index is 11.6. The summed E-state index contributed by atoms with van der Waals surface area (Å²) >= 11 is 0. The lowest BCUT2D eigenvalue weighted by atomic mass is 9.97. The molecule has 0 radical (unpaired) electrons. The highest BCUT2D eigenvalue weighted by Gasteiger charge is 2.32. The molecule has 0 bridgehead atoms. The molecule has 2 nitrogen and oxygen atoms in total. The fraction of sp³-hybridized carbons (Fsp3) is 1.00. The second-order valence-corrected chi connectivity index (χ2v) is 7.38. The van der Waals surface area contributed by atoms with Crippen LogP contribution in [0.1, 0.15) is 25.7 Å². The van der Waals surface area contributed by atoms with Gasteiger partial charge in [0.1, 0.15) is 0 Å². The summed E-state index contributed by atoms with van der Waals surface area (Å²) in [7, 11) is -2.05. The van der Waals surface area contributed by atoms with Crippen LogP contribution >= 0.6 is 7.14 Å². The molecule has 3 heteroatoms. The van der Waals surface area contributed by atoms with Crippen molar-refractivity contribution >= 4 is 7.14 Å². The Balaban J connectivity index is 2.62. The number of rotatable bonds is 1. The third kappa shape index (κ3) is 2.31. The molecule has 66 valence electrons. The smallest absolute Gasteiger partial charge is 0.0873 e. The Morgan fingerprint density at radius 1 is 1.27 bits per heavy atom. The van der Waals surface area contributed by atoms with Gasteiger partial charge in [0.25, 0.3) is 0 Å². The largest absolute Gasteiger partial charge is 0.392 e. The van der Waals surface area contributed by atoms with Crippen LogP contribution in [-0.2, 0) is 4.57 Å². The Labute approximate surface area is 68.4 Å². The number of aliphatic hydroxyl groups is 1. The minimum Gasteiger partial charge on any atom is -0.392 e. The summed E-state index contributed by atoms with van der Waals surface area (Å²) in [4.78, 5) is 0. The SMILES string of the molecule is CP(C)(=O)[C@@H]1CCCC[C@H]1O. The standard InChI is InChI=1S/C8H17O2P/c1-11(2,10)8-6-4-3-5-7(8)9/h7-9H,3-6H2,1-2H3/t7-,8-/m1/s1. The van der Waals surface area contributed by atoms with Gasteiger partial charge in [0.15, 0.2) is 0 Å². The van der Waals surface area contributed by atoms with E-state index in [1.165, 1.54) is 0 Å². The molecule has 1 N–H and O–H groups in total. The minimum absolute atomic E-state index is 0.0799. The Morgan fingerprint density at radius 2 is 1.82 bits per heavy atom. The van der Waals surface area contributed by atoms with Crippen LogP contribution in [0, 0.1) is 0 Å². The van der Waals surface area contributed by atoms with Gasteiger partial charge in [-0.2, -0.15) is 0 Å². The topological polar surface area (TPSA) is 37.3 Å². The van der Waals surface area contributed by atoms with Crippen molar-refractivity contribution in [2.45, 2.75) is 37.4 Å². The summed E-state index contributed by atoms with van der Waals surface area (Å²) in [5, 5.41) is 9.53. The average molecular weight is 176 g/mol. The molecule has 0 unspecified atom stereocenters. The van der Waals surface area contributed by atoms with E-state index in [1.807, 2.05) is 0 Å². The lowest BCUT2D eigenvalue weighted by molar-refractivity contribution is 0.133. The van der Waals surface area contributed by atoms with Gasteiger partial charge in [-0.1, -0.05) is 12.8 Å². The molecule has 1 aliphatic rings. The molecule has 2 atom stereocenters. The molecule has 0 aromatic rings. The highest BCUT2D eigenvalue weighted by atomic mass is 31.2. The molecule has 0 saturated heterocycles. The summed E-state index contributed by atoms with van der Waals surface area (Å²) in [6, 6.07) is 0. The molecule has 0 heterocycles. The Morgan fingerprint density at radius 3 is 2.18 bits per heavy atom. The fourth-order valence-electron chi connectivity index (χ4n) is 1.82. The van der Waals surface area contributed by atoms with Crippen LogP contribution < -0.4 is 0 Å². The van der Waals surface area contributed by atoms with Crippen molar-refractivity contribution in [3.63, 3.8) is 0 Å². The molecule has 1 rings (SSSR count). The number of hydrogen-bond donors (Lipinski definition) is 1. The van der Waals surface area contributed by atoms with Crippen LogP contribution in [0.2, 0.25) is 0 Å². The fourth-order valence-corrected chi connectivity index (χ4v) is 3.60. The first kappa shape index (κ1) is 9.28. The molecule has 1 aliphatic carbocycles. The Bertz CT molecular complexity index is 173. The minimum atomic E-state index is -2.05. The van der Waals surface area contributed by atoms with Crippen LogP contribution in [0.15, 0.2) is 0 Å². The third-order valence-electron chi connectivity index (χ3n) is 2.49. The summed E-state index contributed by atoms with van der Waals surface area (Å²) in [5.41, 5.74) is 0.0799. The van der Waals surface area contributed by atoms with E-state index < -0.39 is 7.14 Å². The van der Waals surface area contributed by atoms with Gasteiger partial charge in [-0.15, -0.1) is 0 Å². The van der Waals surface area contributed by atoms with E-state index in [0.717, 1.165) is 25.7 Å². The van der Waals surface area contributed by atoms with Gasteiger partial charge in [-0.25, -0.2) is 0 Å². The first-order valence-electron chi connectivity index (χ1n) is 4.24. The van der Waals surface area contributed by atoms with Crippen LogP contribution in [0.25, 0.3) is 0 Å². The maximum Gasteiger partial charge on any atom is 0.0873 e. The summed E-state index contributed by atoms with van der Waals surface area (Å²) < 4.78 is 11.6. The van der Waals surface area contributed by atoms with Crippen molar-refractivity contribution in [3.8, 4) is 0 Å². The number of aliphatic hydroxyl groups excluding tert-OH is 1. The molecule has 0 spiro atoms. The van der Waals surface area contributed by atoms with Gasteiger partial charge in [0, 0.05) is 5.66 Å². The first-order valence-corrected chi connectivity index (χ1v) is 6.91. The van der Waals surface area contributed by atoms with E-state index >= 15 is 0 Å². The quantitative estimate of drug-likeness (QED) is 0.619. The van der Waals surface area contributed by atoms with E-state index in [4.69, 9.17) is 0 Å². The summed E-state index contributed by atoms with van der Waals surface area (Å²) in [6.45, 7) is 3.57. The predicted molar refractivity (Wildman–Crippen MR) is 47.7 cm³/mol. The average Bonchev–Trinajstić information content (AvgIpc) is 1.86. The monoisotopic (exact) mass is 176 g/mol. The maximum absolute atomic E-state index is 11.6. The molecule has 0 amide bonds. The molecule has 0 aromatic carbocycles. The Kier molecular flexibility index (Phi) is 2.77. The second-order valence-electron chi connectivity index (χ2n) is 3.85. The van der Waals surface area contributed by atoms with E-state index in [9.17, 15) is 9.67 Å². The highest BCUT2D eigenvalue weighted by Crippen LogP contribution is 2.48. The zero-order chi connectivity index (χ0) is 8.48. The van der Waals surface area contributed by atoms with Crippen molar-refractivity contribution in [2.24, 2.45) is 0 Å². The zero-order valence-electron chi connectivity index (χ0n) is 7.29. The van der Waals surface area contributed by atoms with Crippen molar-refractivity contribution in [3.05, 3.63) is 0 Å². The molecule has 0 aromatic heterocycles. The van der Waals surface area contributed by atoms with Gasteiger partial charge in [-0.05, 0) is 26.2 Å². The van der Waals surface area contributed by atoms with Crippen molar-refractivity contribution in [2.75, 3.05) is 13.3 Å². The molecule has 11 heavy (non-hydrogen) atoms. The van der Waals surface area contributed by atoms with Gasteiger partial charge >= 0.3 is 0 Å². The van der Waals surface area contributed by atoms with Crippen molar-refractivity contribution < 1.29 is 9.67 Å².